The first-order chi connectivity index (χ1) is 8.63. The van der Waals surface area contributed by atoms with Gasteiger partial charge < -0.3 is 10.1 Å². The number of thioether (sulfide) groups is 2. The first-order valence-corrected chi connectivity index (χ1v) is 7.88. The lowest BCUT2D eigenvalue weighted by Gasteiger charge is -2.09. The number of carbonyl (C=O) groups excluding carboxylic acids is 3. The fourth-order valence-electron chi connectivity index (χ4n) is 1.15. The third kappa shape index (κ3) is 6.90. The Balaban J connectivity index is 0.00000137. The molecule has 1 fully saturated rings. The van der Waals surface area contributed by atoms with E-state index in [4.69, 9.17) is 0 Å². The van der Waals surface area contributed by atoms with E-state index in [-0.39, 0.29) is 34.5 Å². The van der Waals surface area contributed by atoms with Crippen molar-refractivity contribution in [2.45, 2.75) is 26.3 Å². The molecular formula is C11H19NO4S2. The molecule has 1 aliphatic heterocycles. The maximum absolute atomic E-state index is 11.4. The van der Waals surface area contributed by atoms with Gasteiger partial charge in [0.25, 0.3) is 0 Å². The van der Waals surface area contributed by atoms with Crippen molar-refractivity contribution in [3.05, 3.63) is 0 Å². The highest BCUT2D eigenvalue weighted by Gasteiger charge is 2.26. The van der Waals surface area contributed by atoms with E-state index in [2.05, 4.69) is 10.1 Å². The molecule has 7 heteroatoms. The Kier molecular flexibility index (Phi) is 9.86. The Hall–Kier alpha value is -0.690. The number of ether oxygens (including phenoxy) is 1. The van der Waals surface area contributed by atoms with Gasteiger partial charge in [-0.1, -0.05) is 25.6 Å². The summed E-state index contributed by atoms with van der Waals surface area (Å²) in [5.41, 5.74) is 0. The zero-order valence-corrected chi connectivity index (χ0v) is 12.5. The van der Waals surface area contributed by atoms with Gasteiger partial charge >= 0.3 is 5.97 Å². The smallest absolute Gasteiger partial charge is 0.315 e. The Bertz CT molecular complexity index is 297. The van der Waals surface area contributed by atoms with Gasteiger partial charge in [0.15, 0.2) is 0 Å². The summed E-state index contributed by atoms with van der Waals surface area (Å²) in [6.07, 6.45) is 0.691. The molecule has 0 saturated carbocycles. The molecule has 5 nitrogen and oxygen atoms in total. The average Bonchev–Trinajstić information content (AvgIpc) is 2.77. The number of methoxy groups -OCH3 is 1. The van der Waals surface area contributed by atoms with Gasteiger partial charge in [0, 0.05) is 5.75 Å². The first-order valence-electron chi connectivity index (χ1n) is 5.74. The van der Waals surface area contributed by atoms with Crippen molar-refractivity contribution in [1.29, 1.82) is 0 Å². The van der Waals surface area contributed by atoms with E-state index in [0.29, 0.717) is 6.42 Å². The average molecular weight is 293 g/mol. The molecule has 104 valence electrons. The maximum atomic E-state index is 11.4. The molecule has 0 aromatic rings. The number of rotatable bonds is 5. The normalized spacial score (nSPS) is 17.7. The fourth-order valence-corrected chi connectivity index (χ4v) is 2.74. The summed E-state index contributed by atoms with van der Waals surface area (Å²) in [7, 11) is 1.30. The third-order valence-corrected chi connectivity index (χ3v) is 3.87. The molecule has 1 atom stereocenters. The number of carbonyl (C=O) groups is 3. The zero-order chi connectivity index (χ0) is 14.0. The van der Waals surface area contributed by atoms with Crippen molar-refractivity contribution in [1.82, 2.24) is 5.32 Å². The molecule has 1 aliphatic rings. The van der Waals surface area contributed by atoms with Crippen molar-refractivity contribution < 1.29 is 19.1 Å². The molecule has 1 N–H and O–H groups in total. The number of hydrogen-bond donors (Lipinski definition) is 1. The summed E-state index contributed by atoms with van der Waals surface area (Å²) in [4.78, 5) is 33.3. The van der Waals surface area contributed by atoms with E-state index in [1.165, 1.54) is 30.6 Å². The van der Waals surface area contributed by atoms with E-state index in [9.17, 15) is 14.4 Å². The van der Waals surface area contributed by atoms with Gasteiger partial charge in [-0.05, 0) is 6.42 Å². The van der Waals surface area contributed by atoms with Crippen LogP contribution in [0, 0.1) is 0 Å². The minimum Gasteiger partial charge on any atom is -0.468 e. The second-order valence-corrected chi connectivity index (χ2v) is 5.23. The fraction of sp³-hybridized carbons (Fsp3) is 0.727. The van der Waals surface area contributed by atoms with Crippen molar-refractivity contribution >= 4 is 40.5 Å². The van der Waals surface area contributed by atoms with Crippen LogP contribution < -0.4 is 5.32 Å². The third-order valence-electron chi connectivity index (χ3n) is 1.95. The summed E-state index contributed by atoms with van der Waals surface area (Å²) in [5.74, 6) is 0.514. The van der Waals surface area contributed by atoms with Crippen molar-refractivity contribution in [2.24, 2.45) is 0 Å². The Labute approximate surface area is 116 Å². The monoisotopic (exact) mass is 293 g/mol. The van der Waals surface area contributed by atoms with E-state index in [1.807, 2.05) is 13.8 Å². The van der Waals surface area contributed by atoms with Crippen LogP contribution in [-0.4, -0.2) is 47.4 Å². The van der Waals surface area contributed by atoms with Gasteiger partial charge in [-0.25, -0.2) is 0 Å². The minimum atomic E-state index is -0.356. The summed E-state index contributed by atoms with van der Waals surface area (Å²) < 4.78 is 4.43. The highest BCUT2D eigenvalue weighted by molar-refractivity contribution is 8.14. The van der Waals surface area contributed by atoms with Gasteiger partial charge in [0.2, 0.25) is 11.0 Å². The number of nitrogens with one attached hydrogen (secondary N) is 1. The summed E-state index contributed by atoms with van der Waals surface area (Å²) in [6.45, 7) is 4.00. The van der Waals surface area contributed by atoms with Crippen molar-refractivity contribution in [2.75, 3.05) is 24.4 Å². The number of amides is 1. The van der Waals surface area contributed by atoms with Crippen LogP contribution in [0.25, 0.3) is 0 Å². The van der Waals surface area contributed by atoms with Gasteiger partial charge in [0.1, 0.15) is 0 Å². The lowest BCUT2D eigenvalue weighted by molar-refractivity contribution is -0.137. The molecule has 1 saturated heterocycles. The predicted octanol–water partition coefficient (Wildman–Crippen LogP) is 1.07. The van der Waals surface area contributed by atoms with Crippen LogP contribution in [0.1, 0.15) is 20.3 Å². The highest BCUT2D eigenvalue weighted by atomic mass is 32.2. The lowest BCUT2D eigenvalue weighted by atomic mass is 10.2. The van der Waals surface area contributed by atoms with Crippen LogP contribution in [0.5, 0.6) is 0 Å². The number of esters is 1. The predicted molar refractivity (Wildman–Crippen MR) is 74.7 cm³/mol. The summed E-state index contributed by atoms with van der Waals surface area (Å²) in [5, 5.41) is 2.66. The maximum Gasteiger partial charge on any atom is 0.315 e. The molecule has 1 rings (SSSR count). The molecule has 0 radical (unpaired) electrons. The van der Waals surface area contributed by atoms with E-state index < -0.39 is 0 Å². The Morgan fingerprint density at radius 3 is 2.61 bits per heavy atom. The van der Waals surface area contributed by atoms with E-state index in [1.54, 1.807) is 0 Å². The molecule has 0 aliphatic carbocycles. The van der Waals surface area contributed by atoms with E-state index in [0.717, 1.165) is 5.75 Å². The Morgan fingerprint density at radius 2 is 2.11 bits per heavy atom. The standard InChI is InChI=1S/C9H13NO4S2.C2H6/c1-14-8(12)5-15-4-7(11)10-6-2-3-16-9(6)13;1-2/h6H,2-5H2,1H3,(H,10,11);1-2H3. The van der Waals surface area contributed by atoms with Gasteiger partial charge in [-0.3, -0.25) is 14.4 Å². The molecule has 18 heavy (non-hydrogen) atoms. The van der Waals surface area contributed by atoms with Crippen molar-refractivity contribution in [3.63, 3.8) is 0 Å². The van der Waals surface area contributed by atoms with E-state index >= 15 is 0 Å². The van der Waals surface area contributed by atoms with Crippen LogP contribution in [0.2, 0.25) is 0 Å². The zero-order valence-electron chi connectivity index (χ0n) is 10.9. The van der Waals surface area contributed by atoms with Crippen LogP contribution in [0.4, 0.5) is 0 Å². The molecular weight excluding hydrogens is 274 g/mol. The molecule has 0 aromatic carbocycles. The molecule has 1 heterocycles. The molecule has 0 spiro atoms. The number of hydrogen-bond acceptors (Lipinski definition) is 6. The molecule has 1 amide bonds. The largest absolute Gasteiger partial charge is 0.468 e. The van der Waals surface area contributed by atoms with Crippen molar-refractivity contribution in [3.8, 4) is 0 Å². The van der Waals surface area contributed by atoms with Gasteiger partial charge in [0.05, 0.1) is 24.7 Å². The van der Waals surface area contributed by atoms with Gasteiger partial charge in [-0.15, -0.1) is 11.8 Å². The second kappa shape index (κ2) is 10.3. The second-order valence-electron chi connectivity index (χ2n) is 3.15. The Morgan fingerprint density at radius 1 is 1.44 bits per heavy atom. The molecule has 0 bridgehead atoms. The molecule has 1 unspecified atom stereocenters. The minimum absolute atomic E-state index is 0.0197. The first kappa shape index (κ1) is 17.3. The molecule has 0 aromatic heterocycles. The van der Waals surface area contributed by atoms with Crippen LogP contribution in [0.3, 0.4) is 0 Å². The highest BCUT2D eigenvalue weighted by Crippen LogP contribution is 2.19. The topological polar surface area (TPSA) is 72.5 Å². The summed E-state index contributed by atoms with van der Waals surface area (Å²) >= 11 is 2.42. The van der Waals surface area contributed by atoms with Crippen LogP contribution in [-0.2, 0) is 19.1 Å². The van der Waals surface area contributed by atoms with Gasteiger partial charge in [-0.2, -0.15) is 0 Å². The van der Waals surface area contributed by atoms with Crippen LogP contribution >= 0.6 is 23.5 Å². The lowest BCUT2D eigenvalue weighted by Crippen LogP contribution is -2.38. The summed E-state index contributed by atoms with van der Waals surface area (Å²) in [6, 6.07) is -0.351. The SMILES string of the molecule is CC.COC(=O)CSCC(=O)NC1CCSC1=O. The van der Waals surface area contributed by atoms with Crippen LogP contribution in [0.15, 0.2) is 0 Å². The quantitative estimate of drug-likeness (QED) is 0.764.